The zero-order chi connectivity index (χ0) is 17.8. The largest absolute Gasteiger partial charge is 0.480 e. The molecule has 4 N–H and O–H groups in total. The second-order valence-corrected chi connectivity index (χ2v) is 6.29. The van der Waals surface area contributed by atoms with Gasteiger partial charge in [0.2, 0.25) is 5.88 Å². The zero-order valence-electron chi connectivity index (χ0n) is 14.0. The lowest BCUT2D eigenvalue weighted by molar-refractivity contribution is -0.140. The van der Waals surface area contributed by atoms with E-state index in [0.29, 0.717) is 5.69 Å². The minimum Gasteiger partial charge on any atom is -0.480 e. The molecule has 130 valence electrons. The molecule has 1 aromatic heterocycles. The molecule has 23 heavy (non-hydrogen) atoms. The summed E-state index contributed by atoms with van der Waals surface area (Å²) in [5, 5.41) is 15.5. The Morgan fingerprint density at radius 1 is 1.43 bits per heavy atom. The molecule has 0 aliphatic carbocycles. The van der Waals surface area contributed by atoms with Gasteiger partial charge in [0.25, 0.3) is 0 Å². The molecule has 0 radical (unpaired) electrons. The minimum absolute atomic E-state index is 0.00982. The number of aromatic nitrogens is 2. The van der Waals surface area contributed by atoms with E-state index in [1.54, 1.807) is 20.8 Å². The smallest absolute Gasteiger partial charge is 0.408 e. The van der Waals surface area contributed by atoms with Crippen LogP contribution in [0.5, 0.6) is 5.88 Å². The number of carbonyl (C=O) groups excluding carboxylic acids is 1. The molecule has 0 aliphatic rings. The highest BCUT2D eigenvalue weighted by Crippen LogP contribution is 2.24. The second-order valence-electron chi connectivity index (χ2n) is 6.29. The average Bonchev–Trinajstić information content (AvgIpc) is 2.73. The van der Waals surface area contributed by atoms with Crippen LogP contribution in [0.1, 0.15) is 40.7 Å². The number of anilines is 1. The number of amides is 1. The molecule has 0 fully saturated rings. The SMILES string of the molecule is CC(C)n1ncc(N)c1OC[C@H](NC(=O)OC(C)(C)C)C(=O)O. The fourth-order valence-electron chi connectivity index (χ4n) is 1.67. The minimum atomic E-state index is -1.28. The lowest BCUT2D eigenvalue weighted by Gasteiger charge is -2.22. The molecule has 0 bridgehead atoms. The first-order chi connectivity index (χ1) is 10.5. The summed E-state index contributed by atoms with van der Waals surface area (Å²) in [5.41, 5.74) is 5.32. The standard InChI is InChI=1S/C14H24N4O5/c1-8(2)18-11(9(15)6-16-18)22-7-10(12(19)20)17-13(21)23-14(3,4)5/h6,8,10H,7,15H2,1-5H3,(H,17,21)(H,19,20)/t10-/m0/s1. The third kappa shape index (κ3) is 5.68. The third-order valence-corrected chi connectivity index (χ3v) is 2.64. The molecule has 1 aromatic rings. The van der Waals surface area contributed by atoms with Crippen molar-refractivity contribution < 1.29 is 24.2 Å². The molecular formula is C14H24N4O5. The first-order valence-corrected chi connectivity index (χ1v) is 7.19. The molecule has 1 atom stereocenters. The molecule has 0 aliphatic heterocycles. The molecule has 9 heteroatoms. The van der Waals surface area contributed by atoms with E-state index in [1.165, 1.54) is 10.9 Å². The summed E-state index contributed by atoms with van der Waals surface area (Å²) < 4.78 is 12.0. The Kier molecular flexibility index (Phi) is 5.83. The van der Waals surface area contributed by atoms with Crippen LogP contribution in [0.2, 0.25) is 0 Å². The van der Waals surface area contributed by atoms with Gasteiger partial charge in [0.05, 0.1) is 12.2 Å². The van der Waals surface area contributed by atoms with Crippen LogP contribution in [0, 0.1) is 0 Å². The number of nitrogens with one attached hydrogen (secondary N) is 1. The summed E-state index contributed by atoms with van der Waals surface area (Å²) in [6.45, 7) is 8.50. The van der Waals surface area contributed by atoms with Crippen LogP contribution in [0.3, 0.4) is 0 Å². The van der Waals surface area contributed by atoms with Gasteiger partial charge in [-0.15, -0.1) is 0 Å². The molecule has 1 amide bonds. The van der Waals surface area contributed by atoms with Crippen molar-refractivity contribution in [3.8, 4) is 5.88 Å². The van der Waals surface area contributed by atoms with Gasteiger partial charge in [0.15, 0.2) is 6.04 Å². The predicted molar refractivity (Wildman–Crippen MR) is 83.3 cm³/mol. The van der Waals surface area contributed by atoms with Gasteiger partial charge < -0.3 is 25.6 Å². The van der Waals surface area contributed by atoms with Crippen LogP contribution >= 0.6 is 0 Å². The summed E-state index contributed by atoms with van der Waals surface area (Å²) in [7, 11) is 0. The van der Waals surface area contributed by atoms with Gasteiger partial charge in [0.1, 0.15) is 17.9 Å². The highest BCUT2D eigenvalue weighted by atomic mass is 16.6. The van der Waals surface area contributed by atoms with Crippen LogP contribution in [0.4, 0.5) is 10.5 Å². The number of alkyl carbamates (subject to hydrolysis) is 1. The predicted octanol–water partition coefficient (Wildman–Crippen LogP) is 1.40. The molecule has 0 saturated carbocycles. The molecule has 0 aromatic carbocycles. The van der Waals surface area contributed by atoms with Gasteiger partial charge in [-0.1, -0.05) is 0 Å². The van der Waals surface area contributed by atoms with E-state index in [-0.39, 0.29) is 18.5 Å². The Hall–Kier alpha value is -2.45. The average molecular weight is 328 g/mol. The summed E-state index contributed by atoms with van der Waals surface area (Å²) in [6, 6.07) is -1.29. The molecule has 0 saturated heterocycles. The Morgan fingerprint density at radius 3 is 2.52 bits per heavy atom. The summed E-state index contributed by atoms with van der Waals surface area (Å²) in [4.78, 5) is 22.9. The van der Waals surface area contributed by atoms with E-state index < -0.39 is 23.7 Å². The Bertz CT molecular complexity index is 562. The van der Waals surface area contributed by atoms with Gasteiger partial charge in [0, 0.05) is 0 Å². The number of rotatable bonds is 6. The van der Waals surface area contributed by atoms with Crippen molar-refractivity contribution in [2.75, 3.05) is 12.3 Å². The molecule has 1 heterocycles. The van der Waals surface area contributed by atoms with Crippen LogP contribution in [0.25, 0.3) is 0 Å². The monoisotopic (exact) mass is 328 g/mol. The highest BCUT2D eigenvalue weighted by molar-refractivity contribution is 5.80. The van der Waals surface area contributed by atoms with E-state index >= 15 is 0 Å². The molecule has 9 nitrogen and oxygen atoms in total. The van der Waals surface area contributed by atoms with Crippen molar-refractivity contribution in [2.45, 2.75) is 52.3 Å². The van der Waals surface area contributed by atoms with Gasteiger partial charge in [-0.3, -0.25) is 0 Å². The van der Waals surface area contributed by atoms with Crippen molar-refractivity contribution in [2.24, 2.45) is 0 Å². The topological polar surface area (TPSA) is 129 Å². The Morgan fingerprint density at radius 2 is 2.04 bits per heavy atom. The maximum absolute atomic E-state index is 11.7. The first kappa shape index (κ1) is 18.6. The molecule has 0 spiro atoms. The first-order valence-electron chi connectivity index (χ1n) is 7.19. The maximum atomic E-state index is 11.7. The number of hydrogen-bond acceptors (Lipinski definition) is 6. The molecule has 0 unspecified atom stereocenters. The zero-order valence-corrected chi connectivity index (χ0v) is 14.0. The quantitative estimate of drug-likeness (QED) is 0.720. The lowest BCUT2D eigenvalue weighted by Crippen LogP contribution is -2.46. The van der Waals surface area contributed by atoms with Crippen molar-refractivity contribution in [1.29, 1.82) is 0 Å². The van der Waals surface area contributed by atoms with Gasteiger partial charge in [-0.25, -0.2) is 14.3 Å². The van der Waals surface area contributed by atoms with E-state index in [4.69, 9.17) is 15.2 Å². The maximum Gasteiger partial charge on any atom is 0.408 e. The van der Waals surface area contributed by atoms with Crippen LogP contribution < -0.4 is 15.8 Å². The number of carboxylic acids is 1. The second kappa shape index (κ2) is 7.21. The Balaban J connectivity index is 2.73. The van der Waals surface area contributed by atoms with E-state index in [9.17, 15) is 14.7 Å². The van der Waals surface area contributed by atoms with Gasteiger partial charge in [-0.05, 0) is 34.6 Å². The van der Waals surface area contributed by atoms with E-state index in [2.05, 4.69) is 10.4 Å². The number of ether oxygens (including phenoxy) is 2. The van der Waals surface area contributed by atoms with E-state index in [1.807, 2.05) is 13.8 Å². The summed E-state index contributed by atoms with van der Waals surface area (Å²) in [5.74, 6) is -0.984. The van der Waals surface area contributed by atoms with Crippen LogP contribution in [-0.2, 0) is 9.53 Å². The number of aliphatic carboxylic acids is 1. The summed E-state index contributed by atoms with van der Waals surface area (Å²) in [6.07, 6.45) is 0.589. The summed E-state index contributed by atoms with van der Waals surface area (Å²) >= 11 is 0. The van der Waals surface area contributed by atoms with Crippen molar-refractivity contribution in [1.82, 2.24) is 15.1 Å². The van der Waals surface area contributed by atoms with Crippen molar-refractivity contribution in [3.05, 3.63) is 6.20 Å². The van der Waals surface area contributed by atoms with Crippen molar-refractivity contribution >= 4 is 17.7 Å². The fraction of sp³-hybridized carbons (Fsp3) is 0.643. The van der Waals surface area contributed by atoms with Gasteiger partial charge in [-0.2, -0.15) is 5.10 Å². The Labute approximate surface area is 134 Å². The van der Waals surface area contributed by atoms with Gasteiger partial charge >= 0.3 is 12.1 Å². The normalized spacial score (nSPS) is 12.8. The lowest BCUT2D eigenvalue weighted by atomic mass is 10.2. The fourth-order valence-corrected chi connectivity index (χ4v) is 1.67. The number of nitrogens with zero attached hydrogens (tertiary/aromatic N) is 2. The van der Waals surface area contributed by atoms with Crippen molar-refractivity contribution in [3.63, 3.8) is 0 Å². The number of carboxylic acid groups (broad SMARTS) is 1. The highest BCUT2D eigenvalue weighted by Gasteiger charge is 2.25. The van der Waals surface area contributed by atoms with E-state index in [0.717, 1.165) is 0 Å². The number of carbonyl (C=O) groups is 2. The molecular weight excluding hydrogens is 304 g/mol. The van der Waals surface area contributed by atoms with Crippen LogP contribution in [-0.4, -0.2) is 45.2 Å². The third-order valence-electron chi connectivity index (χ3n) is 2.64. The number of nitrogen functional groups attached to an aromatic ring is 1. The molecule has 1 rings (SSSR count). The van der Waals surface area contributed by atoms with Crippen LogP contribution in [0.15, 0.2) is 6.20 Å². The number of nitrogens with two attached hydrogens (primary N) is 1. The number of hydrogen-bond donors (Lipinski definition) is 3.